The van der Waals surface area contributed by atoms with Gasteiger partial charge in [-0.05, 0) is 6.42 Å². The standard InChI is InChI=1S/C12H15F3N4O3/c1-18-9(8(6-16)10(20)19(2)11(18)21)17-4-3-5-22-7-12(13,14)15/h17H,3-5,7H2,1-2H3. The Kier molecular flexibility index (Phi) is 5.76. The third-order valence-electron chi connectivity index (χ3n) is 2.80. The molecule has 0 aliphatic heterocycles. The van der Waals surface area contributed by atoms with Crippen molar-refractivity contribution in [2.24, 2.45) is 14.1 Å². The van der Waals surface area contributed by atoms with E-state index in [9.17, 15) is 22.8 Å². The molecule has 0 saturated heterocycles. The van der Waals surface area contributed by atoms with E-state index in [1.54, 1.807) is 6.07 Å². The summed E-state index contributed by atoms with van der Waals surface area (Å²) >= 11 is 0. The summed E-state index contributed by atoms with van der Waals surface area (Å²) in [5.74, 6) is 0.0337. The highest BCUT2D eigenvalue weighted by molar-refractivity contribution is 5.51. The summed E-state index contributed by atoms with van der Waals surface area (Å²) in [6, 6.07) is 1.71. The quantitative estimate of drug-likeness (QED) is 0.763. The van der Waals surface area contributed by atoms with Crippen molar-refractivity contribution in [3.8, 4) is 6.07 Å². The zero-order valence-electron chi connectivity index (χ0n) is 12.0. The number of aromatic nitrogens is 2. The molecule has 0 bridgehead atoms. The number of alkyl halides is 3. The topological polar surface area (TPSA) is 89.1 Å². The van der Waals surface area contributed by atoms with Crippen molar-refractivity contribution >= 4 is 5.82 Å². The van der Waals surface area contributed by atoms with Crippen LogP contribution >= 0.6 is 0 Å². The maximum Gasteiger partial charge on any atom is 0.411 e. The van der Waals surface area contributed by atoms with E-state index in [1.165, 1.54) is 14.1 Å². The molecule has 0 aliphatic rings. The Balaban J connectivity index is 2.70. The zero-order chi connectivity index (χ0) is 16.9. The second-order valence-corrected chi connectivity index (χ2v) is 4.49. The molecule has 0 unspecified atom stereocenters. The van der Waals surface area contributed by atoms with Crippen molar-refractivity contribution in [1.82, 2.24) is 9.13 Å². The lowest BCUT2D eigenvalue weighted by Crippen LogP contribution is -2.40. The molecule has 0 radical (unpaired) electrons. The van der Waals surface area contributed by atoms with Crippen molar-refractivity contribution in [3.05, 3.63) is 26.4 Å². The number of rotatable bonds is 6. The number of anilines is 1. The molecule has 0 atom stereocenters. The van der Waals surface area contributed by atoms with E-state index in [0.29, 0.717) is 0 Å². The first kappa shape index (κ1) is 17.8. The van der Waals surface area contributed by atoms with E-state index >= 15 is 0 Å². The van der Waals surface area contributed by atoms with Gasteiger partial charge in [0.05, 0.1) is 0 Å². The zero-order valence-corrected chi connectivity index (χ0v) is 12.0. The Morgan fingerprint density at radius 3 is 2.45 bits per heavy atom. The molecule has 1 aromatic rings. The average Bonchev–Trinajstić information content (AvgIpc) is 2.44. The molecule has 22 heavy (non-hydrogen) atoms. The highest BCUT2D eigenvalue weighted by Gasteiger charge is 2.27. The van der Waals surface area contributed by atoms with E-state index in [4.69, 9.17) is 5.26 Å². The van der Waals surface area contributed by atoms with E-state index in [0.717, 1.165) is 9.13 Å². The Morgan fingerprint density at radius 1 is 1.27 bits per heavy atom. The Morgan fingerprint density at radius 2 is 1.91 bits per heavy atom. The van der Waals surface area contributed by atoms with Crippen molar-refractivity contribution in [1.29, 1.82) is 5.26 Å². The van der Waals surface area contributed by atoms with Crippen molar-refractivity contribution in [2.45, 2.75) is 12.6 Å². The summed E-state index contributed by atoms with van der Waals surface area (Å²) in [5.41, 5.74) is -1.58. The fourth-order valence-corrected chi connectivity index (χ4v) is 1.72. The van der Waals surface area contributed by atoms with Gasteiger partial charge >= 0.3 is 11.9 Å². The molecular formula is C12H15F3N4O3. The molecule has 10 heteroatoms. The van der Waals surface area contributed by atoms with Gasteiger partial charge in [-0.25, -0.2) is 4.79 Å². The second kappa shape index (κ2) is 7.13. The van der Waals surface area contributed by atoms with Crippen LogP contribution in [-0.2, 0) is 18.8 Å². The minimum atomic E-state index is -4.38. The fraction of sp³-hybridized carbons (Fsp3) is 0.583. The minimum Gasteiger partial charge on any atom is -0.372 e. The molecule has 1 aromatic heterocycles. The number of hydrogen-bond acceptors (Lipinski definition) is 5. The molecule has 7 nitrogen and oxygen atoms in total. The minimum absolute atomic E-state index is 0.0337. The predicted molar refractivity (Wildman–Crippen MR) is 71.6 cm³/mol. The van der Waals surface area contributed by atoms with Crippen LogP contribution in [0, 0.1) is 11.3 Å². The van der Waals surface area contributed by atoms with Gasteiger partial charge in [-0.3, -0.25) is 13.9 Å². The fourth-order valence-electron chi connectivity index (χ4n) is 1.72. The summed E-state index contributed by atoms with van der Waals surface area (Å²) in [4.78, 5) is 23.5. The van der Waals surface area contributed by atoms with Gasteiger partial charge in [0.1, 0.15) is 18.5 Å². The molecule has 0 amide bonds. The van der Waals surface area contributed by atoms with Gasteiger partial charge in [0, 0.05) is 27.2 Å². The molecule has 1 N–H and O–H groups in total. The molecule has 1 rings (SSSR count). The number of hydrogen-bond donors (Lipinski definition) is 1. The van der Waals surface area contributed by atoms with Crippen LogP contribution in [-0.4, -0.2) is 35.1 Å². The van der Waals surface area contributed by atoms with Crippen LogP contribution in [0.25, 0.3) is 0 Å². The molecule has 1 heterocycles. The maximum atomic E-state index is 11.9. The van der Waals surface area contributed by atoms with Gasteiger partial charge in [0.15, 0.2) is 5.56 Å². The Hall–Kier alpha value is -2.28. The van der Waals surface area contributed by atoms with Crippen LogP contribution in [0.4, 0.5) is 19.0 Å². The van der Waals surface area contributed by atoms with Crippen LogP contribution in [0.3, 0.4) is 0 Å². The second-order valence-electron chi connectivity index (χ2n) is 4.49. The van der Waals surface area contributed by atoms with Crippen molar-refractivity contribution < 1.29 is 17.9 Å². The molecule has 0 aromatic carbocycles. The van der Waals surface area contributed by atoms with Crippen LogP contribution < -0.4 is 16.6 Å². The largest absolute Gasteiger partial charge is 0.411 e. The summed E-state index contributed by atoms with van der Waals surface area (Å²) < 4.78 is 41.9. The van der Waals surface area contributed by atoms with Gasteiger partial charge in [-0.2, -0.15) is 18.4 Å². The Labute approximate surface area is 123 Å². The summed E-state index contributed by atoms with van der Waals surface area (Å²) in [6.45, 7) is -1.33. The first-order chi connectivity index (χ1) is 10.2. The van der Waals surface area contributed by atoms with E-state index < -0.39 is 24.0 Å². The lowest BCUT2D eigenvalue weighted by Gasteiger charge is -2.13. The number of nitriles is 1. The molecule has 0 saturated carbocycles. The molecule has 0 fully saturated rings. The van der Waals surface area contributed by atoms with Crippen molar-refractivity contribution in [2.75, 3.05) is 25.1 Å². The molecule has 0 aliphatic carbocycles. The summed E-state index contributed by atoms with van der Waals surface area (Å²) in [6.07, 6.45) is -4.17. The van der Waals surface area contributed by atoms with E-state index in [2.05, 4.69) is 10.1 Å². The summed E-state index contributed by atoms with van der Waals surface area (Å²) in [5, 5.41) is 11.7. The van der Waals surface area contributed by atoms with Gasteiger partial charge in [0.25, 0.3) is 5.56 Å². The SMILES string of the molecule is Cn1c(NCCCOCC(F)(F)F)c(C#N)c(=O)n(C)c1=O. The maximum absolute atomic E-state index is 11.9. The predicted octanol–water partition coefficient (Wildman–Crippen LogP) is 0.337. The van der Waals surface area contributed by atoms with Crippen LogP contribution in [0.15, 0.2) is 9.59 Å². The third kappa shape index (κ3) is 4.36. The summed E-state index contributed by atoms with van der Waals surface area (Å²) in [7, 11) is 2.63. The van der Waals surface area contributed by atoms with Crippen LogP contribution in [0.2, 0.25) is 0 Å². The first-order valence-electron chi connectivity index (χ1n) is 6.27. The Bertz CT molecular complexity index is 685. The molecule has 0 spiro atoms. The first-order valence-corrected chi connectivity index (χ1v) is 6.27. The van der Waals surface area contributed by atoms with Gasteiger partial charge in [-0.15, -0.1) is 0 Å². The lowest BCUT2D eigenvalue weighted by atomic mass is 10.3. The third-order valence-corrected chi connectivity index (χ3v) is 2.80. The highest BCUT2D eigenvalue weighted by Crippen LogP contribution is 2.14. The average molecular weight is 320 g/mol. The van der Waals surface area contributed by atoms with Crippen molar-refractivity contribution in [3.63, 3.8) is 0 Å². The normalized spacial score (nSPS) is 11.3. The van der Waals surface area contributed by atoms with Crippen LogP contribution in [0.5, 0.6) is 0 Å². The van der Waals surface area contributed by atoms with Gasteiger partial charge in [-0.1, -0.05) is 0 Å². The number of ether oxygens (including phenoxy) is 1. The number of nitrogens with one attached hydrogen (secondary N) is 1. The molecule has 122 valence electrons. The van der Waals surface area contributed by atoms with E-state index in [-0.39, 0.29) is 31.0 Å². The van der Waals surface area contributed by atoms with E-state index in [1.807, 2.05) is 0 Å². The monoisotopic (exact) mass is 320 g/mol. The highest BCUT2D eigenvalue weighted by atomic mass is 19.4. The van der Waals surface area contributed by atoms with Gasteiger partial charge < -0.3 is 10.1 Å². The smallest absolute Gasteiger partial charge is 0.372 e. The van der Waals surface area contributed by atoms with Crippen LogP contribution in [0.1, 0.15) is 12.0 Å². The lowest BCUT2D eigenvalue weighted by molar-refractivity contribution is -0.173. The number of halogens is 3. The van der Waals surface area contributed by atoms with Gasteiger partial charge in [0.2, 0.25) is 0 Å². The molecular weight excluding hydrogens is 305 g/mol. The number of nitrogens with zero attached hydrogens (tertiary/aromatic N) is 3.